The van der Waals surface area contributed by atoms with Crippen molar-refractivity contribution in [2.75, 3.05) is 13.6 Å². The first-order valence-electron chi connectivity index (χ1n) is 7.30. The van der Waals surface area contributed by atoms with Crippen LogP contribution in [0.1, 0.15) is 27.8 Å². The van der Waals surface area contributed by atoms with Crippen LogP contribution in [0, 0.1) is 12.7 Å². The van der Waals surface area contributed by atoms with E-state index in [4.69, 9.17) is 0 Å². The van der Waals surface area contributed by atoms with Gasteiger partial charge in [0.15, 0.2) is 0 Å². The Bertz CT molecular complexity index is 563. The van der Waals surface area contributed by atoms with Crippen molar-refractivity contribution in [3.05, 3.63) is 57.0 Å². The number of hydrogen-bond donors (Lipinski definition) is 1. The number of thiophene rings is 1. The van der Waals surface area contributed by atoms with Crippen LogP contribution >= 0.6 is 11.3 Å². The second-order valence-corrected chi connectivity index (χ2v) is 6.71. The van der Waals surface area contributed by atoms with E-state index in [1.54, 1.807) is 0 Å². The minimum atomic E-state index is -0.178. The summed E-state index contributed by atoms with van der Waals surface area (Å²) >= 11 is 1.87. The fourth-order valence-corrected chi connectivity index (χ4v) is 3.35. The maximum Gasteiger partial charge on any atom is 0.123 e. The largest absolute Gasteiger partial charge is 0.312 e. The van der Waals surface area contributed by atoms with Gasteiger partial charge < -0.3 is 5.32 Å². The number of halogens is 1. The molecular weight excluding hydrogens is 283 g/mol. The zero-order valence-corrected chi connectivity index (χ0v) is 13.8. The van der Waals surface area contributed by atoms with Gasteiger partial charge in [0, 0.05) is 29.4 Å². The van der Waals surface area contributed by atoms with Gasteiger partial charge in [-0.25, -0.2) is 4.39 Å². The molecule has 2 nitrogen and oxygen atoms in total. The maximum atomic E-state index is 12.9. The van der Waals surface area contributed by atoms with E-state index in [2.05, 4.69) is 37.2 Å². The lowest BCUT2D eigenvalue weighted by Crippen LogP contribution is -2.17. The second-order valence-electron chi connectivity index (χ2n) is 5.37. The van der Waals surface area contributed by atoms with E-state index in [-0.39, 0.29) is 5.82 Å². The van der Waals surface area contributed by atoms with Gasteiger partial charge >= 0.3 is 0 Å². The molecule has 0 atom stereocenters. The lowest BCUT2D eigenvalue weighted by atomic mass is 10.2. The average Bonchev–Trinajstić information content (AvgIpc) is 2.79. The molecule has 0 saturated carbocycles. The number of hydrogen-bond acceptors (Lipinski definition) is 3. The molecule has 1 aromatic heterocycles. The fourth-order valence-electron chi connectivity index (χ4n) is 2.33. The van der Waals surface area contributed by atoms with Crippen molar-refractivity contribution >= 4 is 11.3 Å². The topological polar surface area (TPSA) is 15.3 Å². The summed E-state index contributed by atoms with van der Waals surface area (Å²) in [5.74, 6) is -0.178. The van der Waals surface area contributed by atoms with Crippen molar-refractivity contribution in [3.63, 3.8) is 0 Å². The van der Waals surface area contributed by atoms with Gasteiger partial charge in [-0.3, -0.25) is 4.90 Å². The summed E-state index contributed by atoms with van der Waals surface area (Å²) in [4.78, 5) is 5.03. The third-order valence-electron chi connectivity index (χ3n) is 3.43. The predicted molar refractivity (Wildman–Crippen MR) is 88.0 cm³/mol. The number of nitrogens with zero attached hydrogens (tertiary/aromatic N) is 1. The third-order valence-corrected chi connectivity index (χ3v) is 4.52. The van der Waals surface area contributed by atoms with E-state index in [9.17, 15) is 4.39 Å². The minimum absolute atomic E-state index is 0.178. The highest BCUT2D eigenvalue weighted by Crippen LogP contribution is 2.23. The Morgan fingerprint density at radius 3 is 2.57 bits per heavy atom. The van der Waals surface area contributed by atoms with E-state index >= 15 is 0 Å². The van der Waals surface area contributed by atoms with Crippen LogP contribution in [0.2, 0.25) is 0 Å². The molecular formula is C17H23FN2S. The van der Waals surface area contributed by atoms with E-state index in [0.717, 1.165) is 31.7 Å². The van der Waals surface area contributed by atoms with Crippen molar-refractivity contribution < 1.29 is 4.39 Å². The van der Waals surface area contributed by atoms with Gasteiger partial charge in [0.2, 0.25) is 0 Å². The maximum absolute atomic E-state index is 12.9. The highest BCUT2D eigenvalue weighted by atomic mass is 32.1. The first kappa shape index (κ1) is 16.1. The van der Waals surface area contributed by atoms with Crippen LogP contribution in [0.25, 0.3) is 0 Å². The van der Waals surface area contributed by atoms with Crippen LogP contribution in [0.4, 0.5) is 4.39 Å². The molecule has 0 radical (unpaired) electrons. The zero-order chi connectivity index (χ0) is 15.2. The van der Waals surface area contributed by atoms with Gasteiger partial charge in [-0.1, -0.05) is 19.1 Å². The summed E-state index contributed by atoms with van der Waals surface area (Å²) in [6.45, 7) is 8.00. The van der Waals surface area contributed by atoms with Gasteiger partial charge in [-0.05, 0) is 49.8 Å². The molecule has 0 amide bonds. The normalized spacial score (nSPS) is 11.3. The Labute approximate surface area is 130 Å². The van der Waals surface area contributed by atoms with Crippen molar-refractivity contribution in [1.82, 2.24) is 10.2 Å². The average molecular weight is 306 g/mol. The molecule has 0 aliphatic heterocycles. The predicted octanol–water partition coefficient (Wildman–Crippen LogP) is 3.94. The molecule has 21 heavy (non-hydrogen) atoms. The summed E-state index contributed by atoms with van der Waals surface area (Å²) in [7, 11) is 2.10. The van der Waals surface area contributed by atoms with Crippen molar-refractivity contribution in [2.24, 2.45) is 0 Å². The summed E-state index contributed by atoms with van der Waals surface area (Å²) in [5.41, 5.74) is 2.53. The number of rotatable bonds is 7. The van der Waals surface area contributed by atoms with Crippen LogP contribution in [-0.2, 0) is 19.6 Å². The van der Waals surface area contributed by atoms with E-state index < -0.39 is 0 Å². The molecule has 0 unspecified atom stereocenters. The molecule has 2 aromatic rings. The van der Waals surface area contributed by atoms with Crippen molar-refractivity contribution in [1.29, 1.82) is 0 Å². The number of nitrogens with one attached hydrogen (secondary N) is 1. The molecule has 114 valence electrons. The summed E-state index contributed by atoms with van der Waals surface area (Å²) < 4.78 is 12.9. The van der Waals surface area contributed by atoms with Gasteiger partial charge in [0.25, 0.3) is 0 Å². The second kappa shape index (κ2) is 7.69. The van der Waals surface area contributed by atoms with E-state index in [0.29, 0.717) is 0 Å². The molecule has 1 N–H and O–H groups in total. The molecule has 0 bridgehead atoms. The van der Waals surface area contributed by atoms with Gasteiger partial charge in [-0.15, -0.1) is 11.3 Å². The Morgan fingerprint density at radius 2 is 1.90 bits per heavy atom. The lowest BCUT2D eigenvalue weighted by molar-refractivity contribution is 0.318. The van der Waals surface area contributed by atoms with Crippen LogP contribution < -0.4 is 5.32 Å². The quantitative estimate of drug-likeness (QED) is 0.833. The molecule has 0 spiro atoms. The third kappa shape index (κ3) is 4.92. The van der Waals surface area contributed by atoms with E-state index in [1.807, 2.05) is 23.5 Å². The van der Waals surface area contributed by atoms with Crippen molar-refractivity contribution in [3.8, 4) is 0 Å². The standard InChI is InChI=1S/C17H23FN2S/c1-4-19-10-17-9-15(13(2)21-17)12-20(3)11-14-5-7-16(18)8-6-14/h5-9,19H,4,10-12H2,1-3H3. The Morgan fingerprint density at radius 1 is 1.19 bits per heavy atom. The fraction of sp³-hybridized carbons (Fsp3) is 0.412. The summed E-state index contributed by atoms with van der Waals surface area (Å²) in [6, 6.07) is 9.04. The van der Waals surface area contributed by atoms with Crippen LogP contribution in [0.5, 0.6) is 0 Å². The Balaban J connectivity index is 1.94. The molecule has 4 heteroatoms. The number of aryl methyl sites for hydroxylation is 1. The van der Waals surface area contributed by atoms with Crippen LogP contribution in [0.15, 0.2) is 30.3 Å². The minimum Gasteiger partial charge on any atom is -0.312 e. The smallest absolute Gasteiger partial charge is 0.123 e. The monoisotopic (exact) mass is 306 g/mol. The van der Waals surface area contributed by atoms with Gasteiger partial charge in [-0.2, -0.15) is 0 Å². The highest BCUT2D eigenvalue weighted by molar-refractivity contribution is 7.12. The number of benzene rings is 1. The highest BCUT2D eigenvalue weighted by Gasteiger charge is 2.08. The van der Waals surface area contributed by atoms with Crippen molar-refractivity contribution in [2.45, 2.75) is 33.5 Å². The molecule has 1 aromatic carbocycles. The molecule has 0 aliphatic carbocycles. The van der Waals surface area contributed by atoms with Crippen LogP contribution in [0.3, 0.4) is 0 Å². The Hall–Kier alpha value is -1.23. The van der Waals surface area contributed by atoms with Crippen LogP contribution in [-0.4, -0.2) is 18.5 Å². The molecule has 1 heterocycles. The molecule has 2 rings (SSSR count). The zero-order valence-electron chi connectivity index (χ0n) is 12.9. The Kier molecular flexibility index (Phi) is 5.91. The first-order valence-corrected chi connectivity index (χ1v) is 8.12. The lowest BCUT2D eigenvalue weighted by Gasteiger charge is -2.16. The first-order chi connectivity index (χ1) is 10.1. The molecule has 0 fully saturated rings. The summed E-state index contributed by atoms with van der Waals surface area (Å²) in [6.07, 6.45) is 0. The van der Waals surface area contributed by atoms with Gasteiger partial charge in [0.05, 0.1) is 0 Å². The van der Waals surface area contributed by atoms with E-state index in [1.165, 1.54) is 27.5 Å². The molecule has 0 saturated heterocycles. The SMILES string of the molecule is CCNCc1cc(CN(C)Cc2ccc(F)cc2)c(C)s1. The van der Waals surface area contributed by atoms with Gasteiger partial charge in [0.1, 0.15) is 5.82 Å². The summed E-state index contributed by atoms with van der Waals surface area (Å²) in [5, 5.41) is 3.36. The molecule has 0 aliphatic rings.